The summed E-state index contributed by atoms with van der Waals surface area (Å²) < 4.78 is 18.9. The number of thioether (sulfide) groups is 1. The third-order valence-corrected chi connectivity index (χ3v) is 3.79. The van der Waals surface area contributed by atoms with Gasteiger partial charge >= 0.3 is 0 Å². The van der Waals surface area contributed by atoms with Gasteiger partial charge in [0.15, 0.2) is 0 Å². The number of rotatable bonds is 6. The lowest BCUT2D eigenvalue weighted by Gasteiger charge is -2.14. The summed E-state index contributed by atoms with van der Waals surface area (Å²) >= 11 is 1.73. The topological polar surface area (TPSA) is 35.2 Å². The lowest BCUT2D eigenvalue weighted by molar-refractivity contribution is 0.337. The van der Waals surface area contributed by atoms with Gasteiger partial charge in [0.2, 0.25) is 0 Å². The van der Waals surface area contributed by atoms with Gasteiger partial charge in [0.1, 0.15) is 11.6 Å². The Morgan fingerprint density at radius 2 is 1.95 bits per heavy atom. The minimum absolute atomic E-state index is 0.248. The van der Waals surface area contributed by atoms with E-state index >= 15 is 0 Å². The van der Waals surface area contributed by atoms with Crippen LogP contribution in [0.15, 0.2) is 53.4 Å². The first kappa shape index (κ1) is 14.9. The molecule has 1 atom stereocenters. The van der Waals surface area contributed by atoms with E-state index in [0.717, 1.165) is 5.75 Å². The van der Waals surface area contributed by atoms with Gasteiger partial charge in [0.25, 0.3) is 0 Å². The molecule has 0 saturated carbocycles. The highest BCUT2D eigenvalue weighted by molar-refractivity contribution is 7.99. The molecule has 0 aromatic heterocycles. The summed E-state index contributed by atoms with van der Waals surface area (Å²) in [6.45, 7) is 2.38. The molecule has 2 aromatic rings. The SMILES string of the molecule is CC(N)c1cc(F)ccc1OCCSc1ccccc1. The standard InChI is InChI=1S/C16H18FNOS/c1-12(18)15-11-13(17)7-8-16(15)19-9-10-20-14-5-3-2-4-6-14/h2-8,11-12H,9-10,18H2,1H3. The Balaban J connectivity index is 1.88. The third kappa shape index (κ3) is 4.25. The van der Waals surface area contributed by atoms with Gasteiger partial charge in [-0.25, -0.2) is 4.39 Å². The first-order valence-electron chi connectivity index (χ1n) is 6.52. The third-order valence-electron chi connectivity index (χ3n) is 2.82. The van der Waals surface area contributed by atoms with Crippen molar-refractivity contribution in [1.82, 2.24) is 0 Å². The molecule has 20 heavy (non-hydrogen) atoms. The number of nitrogens with two attached hydrogens (primary N) is 1. The number of benzene rings is 2. The molecule has 2 aromatic carbocycles. The lowest BCUT2D eigenvalue weighted by Crippen LogP contribution is -2.10. The molecule has 0 aliphatic heterocycles. The predicted octanol–water partition coefficient (Wildman–Crippen LogP) is 4.02. The molecule has 0 aliphatic carbocycles. The fourth-order valence-electron chi connectivity index (χ4n) is 1.83. The molecular formula is C16H18FNOS. The monoisotopic (exact) mass is 291 g/mol. The summed E-state index contributed by atoms with van der Waals surface area (Å²) in [5, 5.41) is 0. The molecule has 0 heterocycles. The summed E-state index contributed by atoms with van der Waals surface area (Å²) in [7, 11) is 0. The van der Waals surface area contributed by atoms with Crippen LogP contribution in [-0.2, 0) is 0 Å². The van der Waals surface area contributed by atoms with Crippen LogP contribution >= 0.6 is 11.8 Å². The Labute approximate surface area is 123 Å². The molecule has 4 heteroatoms. The first-order valence-corrected chi connectivity index (χ1v) is 7.51. The van der Waals surface area contributed by atoms with Crippen LogP contribution in [0.5, 0.6) is 5.75 Å². The van der Waals surface area contributed by atoms with Crippen molar-refractivity contribution >= 4 is 11.8 Å². The van der Waals surface area contributed by atoms with Crippen molar-refractivity contribution < 1.29 is 9.13 Å². The van der Waals surface area contributed by atoms with Gasteiger partial charge in [0.05, 0.1) is 6.61 Å². The van der Waals surface area contributed by atoms with Crippen LogP contribution < -0.4 is 10.5 Å². The Kier molecular flexibility index (Phi) is 5.44. The molecule has 106 valence electrons. The van der Waals surface area contributed by atoms with Crippen molar-refractivity contribution in [2.45, 2.75) is 17.9 Å². The minimum atomic E-state index is -0.289. The predicted molar refractivity (Wildman–Crippen MR) is 81.7 cm³/mol. The number of halogens is 1. The number of hydrogen-bond acceptors (Lipinski definition) is 3. The normalized spacial score (nSPS) is 12.2. The maximum Gasteiger partial charge on any atom is 0.124 e. The maximum absolute atomic E-state index is 13.2. The summed E-state index contributed by atoms with van der Waals surface area (Å²) in [6.07, 6.45) is 0. The van der Waals surface area contributed by atoms with Crippen LogP contribution in [0.1, 0.15) is 18.5 Å². The Hall–Kier alpha value is -1.52. The van der Waals surface area contributed by atoms with Crippen LogP contribution in [0.4, 0.5) is 4.39 Å². The number of hydrogen-bond donors (Lipinski definition) is 1. The summed E-state index contributed by atoms with van der Waals surface area (Å²) in [4.78, 5) is 1.21. The second kappa shape index (κ2) is 7.31. The molecule has 0 amide bonds. The van der Waals surface area contributed by atoms with E-state index in [2.05, 4.69) is 12.1 Å². The fraction of sp³-hybridized carbons (Fsp3) is 0.250. The van der Waals surface area contributed by atoms with E-state index in [0.29, 0.717) is 17.9 Å². The molecular weight excluding hydrogens is 273 g/mol. The van der Waals surface area contributed by atoms with Crippen molar-refractivity contribution in [2.75, 3.05) is 12.4 Å². The molecule has 2 rings (SSSR count). The van der Waals surface area contributed by atoms with Crippen LogP contribution in [-0.4, -0.2) is 12.4 Å². The molecule has 1 unspecified atom stereocenters. The van der Waals surface area contributed by atoms with Crippen molar-refractivity contribution in [2.24, 2.45) is 5.73 Å². The van der Waals surface area contributed by atoms with Gasteiger partial charge in [0, 0.05) is 22.3 Å². The average Bonchev–Trinajstić information content (AvgIpc) is 2.45. The van der Waals surface area contributed by atoms with Crippen LogP contribution in [0, 0.1) is 5.82 Å². The number of ether oxygens (including phenoxy) is 1. The smallest absolute Gasteiger partial charge is 0.124 e. The van der Waals surface area contributed by atoms with Crippen LogP contribution in [0.2, 0.25) is 0 Å². The molecule has 0 radical (unpaired) electrons. The second-order valence-corrected chi connectivity index (χ2v) is 5.65. The van der Waals surface area contributed by atoms with E-state index in [1.807, 2.05) is 25.1 Å². The zero-order valence-electron chi connectivity index (χ0n) is 11.4. The van der Waals surface area contributed by atoms with E-state index in [1.165, 1.54) is 17.0 Å². The Bertz CT molecular complexity index is 545. The van der Waals surface area contributed by atoms with Crippen molar-refractivity contribution in [3.63, 3.8) is 0 Å². The molecule has 0 aliphatic rings. The summed E-state index contributed by atoms with van der Waals surface area (Å²) in [5.74, 6) is 1.21. The molecule has 0 bridgehead atoms. The van der Waals surface area contributed by atoms with Gasteiger partial charge in [-0.2, -0.15) is 0 Å². The van der Waals surface area contributed by atoms with E-state index in [1.54, 1.807) is 17.8 Å². The highest BCUT2D eigenvalue weighted by Crippen LogP contribution is 2.25. The highest BCUT2D eigenvalue weighted by atomic mass is 32.2. The molecule has 0 spiro atoms. The van der Waals surface area contributed by atoms with Crippen LogP contribution in [0.25, 0.3) is 0 Å². The van der Waals surface area contributed by atoms with E-state index < -0.39 is 0 Å². The van der Waals surface area contributed by atoms with Gasteiger partial charge < -0.3 is 10.5 Å². The van der Waals surface area contributed by atoms with E-state index in [9.17, 15) is 4.39 Å². The van der Waals surface area contributed by atoms with Crippen molar-refractivity contribution in [1.29, 1.82) is 0 Å². The van der Waals surface area contributed by atoms with Gasteiger partial charge in [-0.3, -0.25) is 0 Å². The Morgan fingerprint density at radius 1 is 1.20 bits per heavy atom. The van der Waals surface area contributed by atoms with E-state index in [-0.39, 0.29) is 11.9 Å². The molecule has 0 fully saturated rings. The summed E-state index contributed by atoms with van der Waals surface area (Å²) in [5.41, 5.74) is 6.53. The fourth-order valence-corrected chi connectivity index (χ4v) is 2.59. The lowest BCUT2D eigenvalue weighted by atomic mass is 10.1. The van der Waals surface area contributed by atoms with Crippen LogP contribution in [0.3, 0.4) is 0 Å². The van der Waals surface area contributed by atoms with Crippen molar-refractivity contribution in [3.8, 4) is 5.75 Å². The second-order valence-electron chi connectivity index (χ2n) is 4.48. The highest BCUT2D eigenvalue weighted by Gasteiger charge is 2.09. The molecule has 2 nitrogen and oxygen atoms in total. The molecule has 2 N–H and O–H groups in total. The minimum Gasteiger partial charge on any atom is -0.492 e. The van der Waals surface area contributed by atoms with E-state index in [4.69, 9.17) is 10.5 Å². The summed E-state index contributed by atoms with van der Waals surface area (Å²) in [6, 6.07) is 14.4. The largest absolute Gasteiger partial charge is 0.492 e. The quantitative estimate of drug-likeness (QED) is 0.645. The first-order chi connectivity index (χ1) is 9.66. The Morgan fingerprint density at radius 3 is 2.65 bits per heavy atom. The zero-order valence-corrected chi connectivity index (χ0v) is 12.2. The van der Waals surface area contributed by atoms with Crippen molar-refractivity contribution in [3.05, 3.63) is 59.9 Å². The zero-order chi connectivity index (χ0) is 14.4. The molecule has 0 saturated heterocycles. The van der Waals surface area contributed by atoms with Gasteiger partial charge in [-0.1, -0.05) is 18.2 Å². The van der Waals surface area contributed by atoms with Gasteiger partial charge in [-0.05, 0) is 37.3 Å². The average molecular weight is 291 g/mol. The van der Waals surface area contributed by atoms with Gasteiger partial charge in [-0.15, -0.1) is 11.8 Å². The maximum atomic E-state index is 13.2.